The maximum absolute atomic E-state index is 12.5. The van der Waals surface area contributed by atoms with Crippen molar-refractivity contribution >= 4 is 34.8 Å². The number of halogens is 1. The molecule has 0 unspecified atom stereocenters. The number of amides is 2. The van der Waals surface area contributed by atoms with E-state index < -0.39 is 0 Å². The number of nitrogens with one attached hydrogen (secondary N) is 2. The lowest BCUT2D eigenvalue weighted by atomic mass is 10.2. The molecule has 0 aliphatic carbocycles. The van der Waals surface area contributed by atoms with E-state index in [1.54, 1.807) is 54.6 Å². The molecule has 6 heteroatoms. The summed E-state index contributed by atoms with van der Waals surface area (Å²) in [5.41, 5.74) is 2.42. The van der Waals surface area contributed by atoms with Gasteiger partial charge in [-0.1, -0.05) is 48.0 Å². The fourth-order valence-corrected chi connectivity index (χ4v) is 2.75. The van der Waals surface area contributed by atoms with E-state index in [0.717, 1.165) is 5.56 Å². The molecule has 3 aromatic rings. The molecule has 0 bridgehead atoms. The van der Waals surface area contributed by atoms with Gasteiger partial charge in [0, 0.05) is 16.4 Å². The fraction of sp³-hybridized carbons (Fsp3) is 0.0909. The lowest BCUT2D eigenvalue weighted by Crippen LogP contribution is -2.22. The molecule has 0 saturated heterocycles. The summed E-state index contributed by atoms with van der Waals surface area (Å²) in [5, 5.41) is 6.14. The zero-order valence-electron chi connectivity index (χ0n) is 15.2. The monoisotopic (exact) mass is 394 g/mol. The average molecular weight is 395 g/mol. The van der Waals surface area contributed by atoms with Gasteiger partial charge in [-0.3, -0.25) is 9.59 Å². The second-order valence-corrected chi connectivity index (χ2v) is 6.47. The van der Waals surface area contributed by atoms with Crippen molar-refractivity contribution in [3.63, 3.8) is 0 Å². The second kappa shape index (κ2) is 9.06. The van der Waals surface area contributed by atoms with Crippen LogP contribution in [0.15, 0.2) is 72.8 Å². The number of hydrogen-bond acceptors (Lipinski definition) is 3. The van der Waals surface area contributed by atoms with E-state index in [1.165, 1.54) is 0 Å². The Labute approximate surface area is 168 Å². The van der Waals surface area contributed by atoms with Crippen molar-refractivity contribution in [3.05, 3.63) is 88.9 Å². The van der Waals surface area contributed by atoms with E-state index in [0.29, 0.717) is 27.7 Å². The Morgan fingerprint density at radius 1 is 0.893 bits per heavy atom. The molecular formula is C22H19ClN2O3. The minimum atomic E-state index is -0.344. The summed E-state index contributed by atoms with van der Waals surface area (Å²) < 4.78 is 5.59. The molecule has 0 aromatic heterocycles. The Balaban J connectivity index is 1.65. The summed E-state index contributed by atoms with van der Waals surface area (Å²) in [7, 11) is 0. The normalized spacial score (nSPS) is 10.2. The highest BCUT2D eigenvalue weighted by molar-refractivity contribution is 6.31. The second-order valence-electron chi connectivity index (χ2n) is 6.07. The van der Waals surface area contributed by atoms with Crippen molar-refractivity contribution in [2.24, 2.45) is 0 Å². The summed E-state index contributed by atoms with van der Waals surface area (Å²) in [6.07, 6.45) is 0. The number of benzene rings is 3. The molecule has 3 rings (SSSR count). The third-order valence-electron chi connectivity index (χ3n) is 4.06. The van der Waals surface area contributed by atoms with Gasteiger partial charge in [0.2, 0.25) is 0 Å². The molecule has 2 amide bonds. The molecular weight excluding hydrogens is 376 g/mol. The van der Waals surface area contributed by atoms with Crippen molar-refractivity contribution in [1.82, 2.24) is 0 Å². The molecule has 0 aliphatic rings. The third-order valence-corrected chi connectivity index (χ3v) is 4.47. The van der Waals surface area contributed by atoms with Crippen molar-refractivity contribution in [3.8, 4) is 5.75 Å². The highest BCUT2D eigenvalue weighted by atomic mass is 35.5. The van der Waals surface area contributed by atoms with E-state index >= 15 is 0 Å². The fourth-order valence-electron chi connectivity index (χ4n) is 2.57. The lowest BCUT2D eigenvalue weighted by molar-refractivity contribution is -0.118. The van der Waals surface area contributed by atoms with Crippen LogP contribution in [0.1, 0.15) is 15.9 Å². The molecule has 0 spiro atoms. The van der Waals surface area contributed by atoms with Gasteiger partial charge in [-0.2, -0.15) is 0 Å². The number of para-hydroxylation sites is 2. The number of hydrogen-bond donors (Lipinski definition) is 2. The quantitative estimate of drug-likeness (QED) is 0.623. The largest absolute Gasteiger partial charge is 0.483 e. The van der Waals surface area contributed by atoms with Gasteiger partial charge in [0.25, 0.3) is 11.8 Å². The average Bonchev–Trinajstić information content (AvgIpc) is 2.71. The number of rotatable bonds is 6. The van der Waals surface area contributed by atoms with Crippen LogP contribution in [-0.2, 0) is 4.79 Å². The molecule has 0 saturated carbocycles. The van der Waals surface area contributed by atoms with Crippen LogP contribution >= 0.6 is 11.6 Å². The number of carbonyl (C=O) groups is 2. The smallest absolute Gasteiger partial charge is 0.262 e. The molecule has 28 heavy (non-hydrogen) atoms. The summed E-state index contributed by atoms with van der Waals surface area (Å²) >= 11 is 6.07. The Kier molecular flexibility index (Phi) is 6.29. The van der Waals surface area contributed by atoms with Crippen LogP contribution in [0.3, 0.4) is 0 Å². The molecule has 0 aliphatic heterocycles. The zero-order valence-corrected chi connectivity index (χ0v) is 16.0. The van der Waals surface area contributed by atoms with Crippen LogP contribution in [0, 0.1) is 6.92 Å². The number of carbonyl (C=O) groups excluding carboxylic acids is 2. The van der Waals surface area contributed by atoms with E-state index in [9.17, 15) is 9.59 Å². The molecule has 2 N–H and O–H groups in total. The topological polar surface area (TPSA) is 67.4 Å². The first-order chi connectivity index (χ1) is 13.5. The number of anilines is 2. The zero-order chi connectivity index (χ0) is 19.9. The Hall–Kier alpha value is -3.31. The van der Waals surface area contributed by atoms with Crippen LogP contribution in [-0.4, -0.2) is 18.4 Å². The predicted octanol–water partition coefficient (Wildman–Crippen LogP) is 4.92. The third kappa shape index (κ3) is 4.90. The molecule has 0 fully saturated rings. The van der Waals surface area contributed by atoms with Crippen molar-refractivity contribution in [2.45, 2.75) is 6.92 Å². The Morgan fingerprint density at radius 3 is 2.39 bits per heavy atom. The Morgan fingerprint density at radius 2 is 1.61 bits per heavy atom. The first-order valence-corrected chi connectivity index (χ1v) is 9.05. The Bertz CT molecular complexity index is 990. The van der Waals surface area contributed by atoms with Crippen LogP contribution in [0.2, 0.25) is 5.02 Å². The van der Waals surface area contributed by atoms with E-state index in [2.05, 4.69) is 10.6 Å². The van der Waals surface area contributed by atoms with Gasteiger partial charge >= 0.3 is 0 Å². The van der Waals surface area contributed by atoms with Crippen molar-refractivity contribution in [2.75, 3.05) is 17.2 Å². The van der Waals surface area contributed by atoms with Gasteiger partial charge in [-0.05, 0) is 48.9 Å². The molecule has 0 atom stereocenters. The molecule has 0 radical (unpaired) electrons. The summed E-state index contributed by atoms with van der Waals surface area (Å²) in [4.78, 5) is 24.8. The van der Waals surface area contributed by atoms with Gasteiger partial charge < -0.3 is 15.4 Å². The van der Waals surface area contributed by atoms with Crippen LogP contribution in [0.25, 0.3) is 0 Å². The predicted molar refractivity (Wildman–Crippen MR) is 111 cm³/mol. The first kappa shape index (κ1) is 19.5. The van der Waals surface area contributed by atoms with E-state index in [1.807, 2.05) is 25.1 Å². The highest BCUT2D eigenvalue weighted by Gasteiger charge is 2.14. The van der Waals surface area contributed by atoms with Gasteiger partial charge in [0.05, 0.1) is 5.56 Å². The molecule has 142 valence electrons. The van der Waals surface area contributed by atoms with E-state index in [4.69, 9.17) is 16.3 Å². The minimum absolute atomic E-state index is 0.235. The summed E-state index contributed by atoms with van der Waals surface area (Å²) in [5.74, 6) is -0.328. The molecule has 5 nitrogen and oxygen atoms in total. The molecule has 3 aromatic carbocycles. The minimum Gasteiger partial charge on any atom is -0.483 e. The van der Waals surface area contributed by atoms with Crippen LogP contribution in [0.4, 0.5) is 11.4 Å². The first-order valence-electron chi connectivity index (χ1n) is 8.68. The highest BCUT2D eigenvalue weighted by Crippen LogP contribution is 2.23. The standard InChI is InChI=1S/C22H19ClN2O3/c1-15-18(23)11-7-12-19(15)25-21(26)14-28-20-13-6-5-10-17(20)22(27)24-16-8-3-2-4-9-16/h2-13H,14H2,1H3,(H,24,27)(H,25,26). The van der Waals surface area contributed by atoms with Crippen LogP contribution < -0.4 is 15.4 Å². The van der Waals surface area contributed by atoms with Crippen LogP contribution in [0.5, 0.6) is 5.75 Å². The molecule has 0 heterocycles. The summed E-state index contributed by atoms with van der Waals surface area (Å²) in [6, 6.07) is 21.2. The SMILES string of the molecule is Cc1c(Cl)cccc1NC(=O)COc1ccccc1C(=O)Nc1ccccc1. The van der Waals surface area contributed by atoms with Gasteiger partial charge in [0.15, 0.2) is 6.61 Å². The summed E-state index contributed by atoms with van der Waals surface area (Å²) in [6.45, 7) is 1.59. The van der Waals surface area contributed by atoms with Gasteiger partial charge in [-0.25, -0.2) is 0 Å². The van der Waals surface area contributed by atoms with Gasteiger partial charge in [0.1, 0.15) is 5.75 Å². The van der Waals surface area contributed by atoms with E-state index in [-0.39, 0.29) is 18.4 Å². The van der Waals surface area contributed by atoms with Gasteiger partial charge in [-0.15, -0.1) is 0 Å². The van der Waals surface area contributed by atoms with Crippen molar-refractivity contribution in [1.29, 1.82) is 0 Å². The maximum atomic E-state index is 12.5. The number of ether oxygens (including phenoxy) is 1. The van der Waals surface area contributed by atoms with Crippen molar-refractivity contribution < 1.29 is 14.3 Å². The lowest BCUT2D eigenvalue weighted by Gasteiger charge is -2.13. The maximum Gasteiger partial charge on any atom is 0.262 e.